The third-order valence-electron chi connectivity index (χ3n) is 11.3. The Bertz CT molecular complexity index is 1690. The maximum absolute atomic E-state index is 5.05. The van der Waals surface area contributed by atoms with Gasteiger partial charge in [-0.2, -0.15) is 0 Å². The van der Waals surface area contributed by atoms with Crippen LogP contribution in [-0.4, -0.2) is 16.1 Å². The van der Waals surface area contributed by atoms with E-state index in [1.54, 1.807) is 0 Å². The summed E-state index contributed by atoms with van der Waals surface area (Å²) in [6.07, 6.45) is 11.8. The molecule has 4 fully saturated rings. The van der Waals surface area contributed by atoms with E-state index < -0.39 is 5.16 Å². The van der Waals surface area contributed by atoms with Crippen molar-refractivity contribution >= 4 is 18.5 Å². The standard InChI is InChI=1S/C40H40N2P2/c43-26-39(31-20-27-19-28(22-31)23-32(39)21-27)35-24-33(29-11-3-1-4-12-29)34(30-13-5-2-6-14-30)25-36(35)40(44,37-15-7-9-17-41-37)38-16-8-10-18-42-38/h1-18,24-25,27-28,31-32H,19-23,26,43-44H2. The summed E-state index contributed by atoms with van der Waals surface area (Å²) in [4.78, 5) is 10.1. The maximum Gasteiger partial charge on any atom is 0.0936 e. The van der Waals surface area contributed by atoms with Crippen molar-refractivity contribution in [2.24, 2.45) is 23.7 Å². The number of pyridine rings is 2. The van der Waals surface area contributed by atoms with Crippen LogP contribution in [-0.2, 0) is 10.6 Å². The normalized spacial score (nSPS) is 25.7. The van der Waals surface area contributed by atoms with Crippen LogP contribution in [0.15, 0.2) is 122 Å². The zero-order valence-electron chi connectivity index (χ0n) is 25.1. The van der Waals surface area contributed by atoms with Gasteiger partial charge in [0.1, 0.15) is 0 Å². The largest absolute Gasteiger partial charge is 0.260 e. The molecular formula is C40H40N2P2. The Morgan fingerprint density at radius 3 is 1.55 bits per heavy atom. The van der Waals surface area contributed by atoms with Gasteiger partial charge < -0.3 is 0 Å². The van der Waals surface area contributed by atoms with Crippen LogP contribution in [0.25, 0.3) is 22.3 Å². The van der Waals surface area contributed by atoms with Crippen molar-refractivity contribution < 1.29 is 0 Å². The zero-order valence-corrected chi connectivity index (χ0v) is 27.5. The van der Waals surface area contributed by atoms with Gasteiger partial charge in [-0.1, -0.05) is 72.8 Å². The summed E-state index contributed by atoms with van der Waals surface area (Å²) in [6.45, 7) is 0. The second-order valence-electron chi connectivity index (χ2n) is 13.5. The molecule has 220 valence electrons. The number of hydrogen-bond acceptors (Lipinski definition) is 2. The minimum Gasteiger partial charge on any atom is -0.260 e. The number of rotatable bonds is 7. The highest BCUT2D eigenvalue weighted by Gasteiger charge is 2.58. The Morgan fingerprint density at radius 1 is 0.614 bits per heavy atom. The van der Waals surface area contributed by atoms with E-state index >= 15 is 0 Å². The van der Waals surface area contributed by atoms with Gasteiger partial charge in [-0.05, 0) is 132 Å². The Labute approximate surface area is 266 Å². The molecule has 4 bridgehead atoms. The Morgan fingerprint density at radius 2 is 1.09 bits per heavy atom. The highest BCUT2D eigenvalue weighted by atomic mass is 31.0. The van der Waals surface area contributed by atoms with Crippen LogP contribution >= 0.6 is 18.5 Å². The molecule has 2 atom stereocenters. The van der Waals surface area contributed by atoms with E-state index in [4.69, 9.17) is 9.97 Å². The van der Waals surface area contributed by atoms with E-state index in [-0.39, 0.29) is 5.41 Å². The second kappa shape index (κ2) is 11.3. The van der Waals surface area contributed by atoms with Gasteiger partial charge in [-0.3, -0.25) is 9.97 Å². The molecule has 4 aliphatic carbocycles. The van der Waals surface area contributed by atoms with Gasteiger partial charge in [0, 0.05) is 17.8 Å². The highest BCUT2D eigenvalue weighted by molar-refractivity contribution is 7.19. The van der Waals surface area contributed by atoms with E-state index in [1.165, 1.54) is 65.5 Å². The van der Waals surface area contributed by atoms with Gasteiger partial charge in [0.05, 0.1) is 16.5 Å². The Hall–Kier alpha value is -3.18. The van der Waals surface area contributed by atoms with Crippen LogP contribution in [0.1, 0.15) is 54.6 Å². The molecule has 4 heteroatoms. The summed E-state index contributed by atoms with van der Waals surface area (Å²) < 4.78 is 0. The summed E-state index contributed by atoms with van der Waals surface area (Å²) in [5.74, 6) is 3.19. The van der Waals surface area contributed by atoms with E-state index in [2.05, 4.69) is 116 Å². The first-order chi connectivity index (χ1) is 21.6. The smallest absolute Gasteiger partial charge is 0.0936 e. The lowest BCUT2D eigenvalue weighted by Gasteiger charge is -2.62. The SMILES string of the molecule is PCC1(c2cc(-c3ccccc3)c(-c3ccccc3)cc2C(P)(c2ccccn2)c2ccccn2)C2CC3CC(C2)CC1C3. The predicted molar refractivity (Wildman–Crippen MR) is 189 cm³/mol. The van der Waals surface area contributed by atoms with Crippen molar-refractivity contribution in [2.75, 3.05) is 6.16 Å². The summed E-state index contributed by atoms with van der Waals surface area (Å²) in [5, 5.41) is -0.613. The van der Waals surface area contributed by atoms with Gasteiger partial charge in [0.25, 0.3) is 0 Å². The fraction of sp³-hybridized carbons (Fsp3) is 0.300. The topological polar surface area (TPSA) is 25.8 Å². The molecule has 0 saturated heterocycles. The van der Waals surface area contributed by atoms with Crippen LogP contribution in [0.3, 0.4) is 0 Å². The van der Waals surface area contributed by atoms with Crippen LogP contribution in [0.5, 0.6) is 0 Å². The first kappa shape index (κ1) is 28.3. The summed E-state index contributed by atoms with van der Waals surface area (Å²) in [5.41, 5.74) is 10.0. The van der Waals surface area contributed by atoms with Gasteiger partial charge >= 0.3 is 0 Å². The fourth-order valence-corrected chi connectivity index (χ4v) is 11.0. The molecular weight excluding hydrogens is 570 g/mol. The molecule has 2 nitrogen and oxygen atoms in total. The molecule has 4 saturated carbocycles. The van der Waals surface area contributed by atoms with Crippen molar-refractivity contribution in [1.29, 1.82) is 0 Å². The Balaban J connectivity index is 1.49. The van der Waals surface area contributed by atoms with Crippen molar-refractivity contribution in [3.8, 4) is 22.3 Å². The van der Waals surface area contributed by atoms with Gasteiger partial charge in [0.15, 0.2) is 0 Å². The molecule has 2 aromatic heterocycles. The quantitative estimate of drug-likeness (QED) is 0.172. The minimum atomic E-state index is -0.613. The average Bonchev–Trinajstić information content (AvgIpc) is 3.09. The predicted octanol–water partition coefficient (Wildman–Crippen LogP) is 9.55. The van der Waals surface area contributed by atoms with Crippen LogP contribution in [0.4, 0.5) is 0 Å². The molecule has 5 aromatic rings. The molecule has 2 heterocycles. The number of hydrogen-bond donors (Lipinski definition) is 0. The molecule has 0 N–H and O–H groups in total. The molecule has 3 aromatic carbocycles. The maximum atomic E-state index is 5.05. The summed E-state index contributed by atoms with van der Waals surface area (Å²) in [6, 6.07) is 39.7. The van der Waals surface area contributed by atoms with E-state index in [0.717, 1.165) is 29.4 Å². The summed E-state index contributed by atoms with van der Waals surface area (Å²) in [7, 11) is 6.54. The van der Waals surface area contributed by atoms with Crippen molar-refractivity contribution in [3.05, 3.63) is 144 Å². The third-order valence-corrected chi connectivity index (χ3v) is 12.9. The molecule has 2 unspecified atom stereocenters. The van der Waals surface area contributed by atoms with E-state index in [1.807, 2.05) is 24.5 Å². The molecule has 4 aliphatic rings. The van der Waals surface area contributed by atoms with E-state index in [9.17, 15) is 0 Å². The molecule has 0 radical (unpaired) electrons. The van der Waals surface area contributed by atoms with Crippen LogP contribution in [0, 0.1) is 23.7 Å². The highest BCUT2D eigenvalue weighted by Crippen LogP contribution is 2.65. The molecule has 44 heavy (non-hydrogen) atoms. The molecule has 0 aliphatic heterocycles. The second-order valence-corrected chi connectivity index (χ2v) is 14.7. The lowest BCUT2D eigenvalue weighted by atomic mass is 9.43. The van der Waals surface area contributed by atoms with Crippen molar-refractivity contribution in [3.63, 3.8) is 0 Å². The van der Waals surface area contributed by atoms with Gasteiger partial charge in [-0.25, -0.2) is 0 Å². The number of benzene rings is 3. The van der Waals surface area contributed by atoms with Crippen LogP contribution in [0.2, 0.25) is 0 Å². The minimum absolute atomic E-state index is 0.0948. The monoisotopic (exact) mass is 610 g/mol. The van der Waals surface area contributed by atoms with E-state index in [0.29, 0.717) is 11.8 Å². The molecule has 0 spiro atoms. The lowest BCUT2D eigenvalue weighted by Crippen LogP contribution is -2.57. The average molecular weight is 611 g/mol. The number of aromatic nitrogens is 2. The molecule has 9 rings (SSSR count). The Kier molecular flexibility index (Phi) is 7.28. The van der Waals surface area contributed by atoms with Gasteiger partial charge in [0.2, 0.25) is 0 Å². The first-order valence-electron chi connectivity index (χ1n) is 16.2. The third kappa shape index (κ3) is 4.44. The zero-order chi connectivity index (χ0) is 29.7. The molecule has 0 amide bonds. The van der Waals surface area contributed by atoms with Gasteiger partial charge in [-0.15, -0.1) is 18.5 Å². The summed E-state index contributed by atoms with van der Waals surface area (Å²) >= 11 is 0. The fourth-order valence-electron chi connectivity index (χ4n) is 9.53. The number of nitrogens with zero attached hydrogens (tertiary/aromatic N) is 2. The van der Waals surface area contributed by atoms with Crippen molar-refractivity contribution in [1.82, 2.24) is 9.97 Å². The van der Waals surface area contributed by atoms with Crippen LogP contribution < -0.4 is 0 Å². The van der Waals surface area contributed by atoms with Crippen molar-refractivity contribution in [2.45, 2.75) is 42.7 Å². The lowest BCUT2D eigenvalue weighted by molar-refractivity contribution is -0.0504. The first-order valence-corrected chi connectivity index (χ1v) is 17.6.